The lowest BCUT2D eigenvalue weighted by Crippen LogP contribution is -2.44. The van der Waals surface area contributed by atoms with E-state index in [-0.39, 0.29) is 0 Å². The maximum absolute atomic E-state index is 5.28. The molecule has 1 aromatic carbocycles. The number of nitrogens with zero attached hydrogens (tertiary/aromatic N) is 1. The van der Waals surface area contributed by atoms with Gasteiger partial charge in [-0.15, -0.1) is 0 Å². The van der Waals surface area contributed by atoms with Gasteiger partial charge in [-0.1, -0.05) is 26.0 Å². The minimum Gasteiger partial charge on any atom is -0.497 e. The van der Waals surface area contributed by atoms with E-state index >= 15 is 0 Å². The highest BCUT2D eigenvalue weighted by Crippen LogP contribution is 2.32. The van der Waals surface area contributed by atoms with E-state index in [1.165, 1.54) is 18.4 Å². The number of rotatable bonds is 9. The number of ether oxygens (including phenoxy) is 1. The highest BCUT2D eigenvalue weighted by atomic mass is 16.5. The Morgan fingerprint density at radius 3 is 2.38 bits per heavy atom. The fourth-order valence-corrected chi connectivity index (χ4v) is 3.15. The second kappa shape index (κ2) is 7.81. The molecule has 0 amide bonds. The molecule has 21 heavy (non-hydrogen) atoms. The standard InChI is InChI=1S/C18H30N2O/c1-5-13-19-18(14(3)20(6-2)16-9-10-16)15-7-11-17(21-4)12-8-15/h7-8,11-12,14,16,18-19H,5-6,9-10,13H2,1-4H3. The predicted molar refractivity (Wildman–Crippen MR) is 88.9 cm³/mol. The maximum atomic E-state index is 5.28. The van der Waals surface area contributed by atoms with Crippen molar-refractivity contribution in [2.24, 2.45) is 0 Å². The lowest BCUT2D eigenvalue weighted by Gasteiger charge is -2.35. The summed E-state index contributed by atoms with van der Waals surface area (Å²) < 4.78 is 5.28. The van der Waals surface area contributed by atoms with E-state index in [1.807, 2.05) is 0 Å². The van der Waals surface area contributed by atoms with Gasteiger partial charge in [-0.25, -0.2) is 0 Å². The van der Waals surface area contributed by atoms with E-state index < -0.39 is 0 Å². The lowest BCUT2D eigenvalue weighted by atomic mass is 9.98. The molecular formula is C18H30N2O. The summed E-state index contributed by atoms with van der Waals surface area (Å²) in [5, 5.41) is 3.74. The zero-order valence-corrected chi connectivity index (χ0v) is 13.9. The van der Waals surface area contributed by atoms with Crippen LogP contribution in [0.5, 0.6) is 5.75 Å². The van der Waals surface area contributed by atoms with Crippen LogP contribution in [0.3, 0.4) is 0 Å². The summed E-state index contributed by atoms with van der Waals surface area (Å²) in [6.45, 7) is 9.05. The Morgan fingerprint density at radius 1 is 1.24 bits per heavy atom. The minimum absolute atomic E-state index is 0.386. The first-order valence-electron chi connectivity index (χ1n) is 8.34. The van der Waals surface area contributed by atoms with Gasteiger partial charge in [-0.3, -0.25) is 4.90 Å². The Bertz CT molecular complexity index is 414. The zero-order chi connectivity index (χ0) is 15.2. The van der Waals surface area contributed by atoms with Crippen LogP contribution in [0.1, 0.15) is 51.6 Å². The Hall–Kier alpha value is -1.06. The topological polar surface area (TPSA) is 24.5 Å². The monoisotopic (exact) mass is 290 g/mol. The number of methoxy groups -OCH3 is 1. The van der Waals surface area contributed by atoms with E-state index in [1.54, 1.807) is 7.11 Å². The van der Waals surface area contributed by atoms with Crippen LogP contribution in [0.2, 0.25) is 0 Å². The molecule has 0 saturated heterocycles. The van der Waals surface area contributed by atoms with Crippen LogP contribution in [0.25, 0.3) is 0 Å². The molecule has 0 radical (unpaired) electrons. The number of nitrogens with one attached hydrogen (secondary N) is 1. The quantitative estimate of drug-likeness (QED) is 0.752. The molecule has 0 heterocycles. The third kappa shape index (κ3) is 4.21. The van der Waals surface area contributed by atoms with Crippen LogP contribution < -0.4 is 10.1 Å². The van der Waals surface area contributed by atoms with E-state index in [4.69, 9.17) is 4.74 Å². The number of hydrogen-bond donors (Lipinski definition) is 1. The van der Waals surface area contributed by atoms with E-state index in [0.29, 0.717) is 12.1 Å². The second-order valence-corrected chi connectivity index (χ2v) is 6.01. The van der Waals surface area contributed by atoms with E-state index in [0.717, 1.165) is 31.3 Å². The molecule has 2 rings (SSSR count). The molecule has 0 aliphatic heterocycles. The highest BCUT2D eigenvalue weighted by molar-refractivity contribution is 5.30. The summed E-state index contributed by atoms with van der Waals surface area (Å²) in [5.74, 6) is 0.926. The summed E-state index contributed by atoms with van der Waals surface area (Å²) in [4.78, 5) is 2.65. The Balaban J connectivity index is 2.14. The molecule has 2 unspecified atom stereocenters. The maximum Gasteiger partial charge on any atom is 0.118 e. The van der Waals surface area contributed by atoms with Crippen molar-refractivity contribution < 1.29 is 4.74 Å². The van der Waals surface area contributed by atoms with Gasteiger partial charge in [-0.2, -0.15) is 0 Å². The van der Waals surface area contributed by atoms with E-state index in [9.17, 15) is 0 Å². The SMILES string of the molecule is CCCNC(c1ccc(OC)cc1)C(C)N(CC)C1CC1. The normalized spacial score (nSPS) is 17.8. The molecule has 1 aromatic rings. The first-order chi connectivity index (χ1) is 10.2. The zero-order valence-electron chi connectivity index (χ0n) is 13.9. The molecule has 1 aliphatic rings. The molecule has 0 bridgehead atoms. The van der Waals surface area contributed by atoms with Gasteiger partial charge >= 0.3 is 0 Å². The van der Waals surface area contributed by atoms with Gasteiger partial charge in [0.1, 0.15) is 5.75 Å². The predicted octanol–water partition coefficient (Wildman–Crippen LogP) is 3.61. The molecule has 1 saturated carbocycles. The van der Waals surface area contributed by atoms with Crippen molar-refractivity contribution in [3.63, 3.8) is 0 Å². The fraction of sp³-hybridized carbons (Fsp3) is 0.667. The van der Waals surface area contributed by atoms with Crippen molar-refractivity contribution in [3.05, 3.63) is 29.8 Å². The number of likely N-dealkylation sites (N-methyl/N-ethyl adjacent to an activating group) is 1. The lowest BCUT2D eigenvalue weighted by molar-refractivity contribution is 0.168. The van der Waals surface area contributed by atoms with Crippen molar-refractivity contribution in [1.82, 2.24) is 10.2 Å². The third-order valence-corrected chi connectivity index (χ3v) is 4.48. The molecule has 1 aliphatic carbocycles. The van der Waals surface area contributed by atoms with Gasteiger partial charge in [0.25, 0.3) is 0 Å². The molecule has 0 spiro atoms. The van der Waals surface area contributed by atoms with Crippen molar-refractivity contribution >= 4 is 0 Å². The Labute approximate surface area is 129 Å². The van der Waals surface area contributed by atoms with Crippen LogP contribution in [-0.4, -0.2) is 37.2 Å². The molecule has 2 atom stereocenters. The van der Waals surface area contributed by atoms with Gasteiger partial charge in [0, 0.05) is 18.1 Å². The van der Waals surface area contributed by atoms with Crippen LogP contribution in [0, 0.1) is 0 Å². The molecule has 1 N–H and O–H groups in total. The van der Waals surface area contributed by atoms with Gasteiger partial charge in [0.15, 0.2) is 0 Å². The van der Waals surface area contributed by atoms with Gasteiger partial charge in [-0.05, 0) is 57.0 Å². The number of benzene rings is 1. The van der Waals surface area contributed by atoms with Crippen molar-refractivity contribution in [3.8, 4) is 5.75 Å². The molecular weight excluding hydrogens is 260 g/mol. The summed E-state index contributed by atoms with van der Waals surface area (Å²) in [7, 11) is 1.72. The van der Waals surface area contributed by atoms with Crippen LogP contribution >= 0.6 is 0 Å². The molecule has 3 nitrogen and oxygen atoms in total. The highest BCUT2D eigenvalue weighted by Gasteiger charge is 2.34. The van der Waals surface area contributed by atoms with Gasteiger partial charge in [0.05, 0.1) is 7.11 Å². The summed E-state index contributed by atoms with van der Waals surface area (Å²) in [6.07, 6.45) is 3.89. The van der Waals surface area contributed by atoms with Crippen molar-refractivity contribution in [2.75, 3.05) is 20.2 Å². The smallest absolute Gasteiger partial charge is 0.118 e. The van der Waals surface area contributed by atoms with Crippen LogP contribution in [-0.2, 0) is 0 Å². The van der Waals surface area contributed by atoms with Crippen LogP contribution in [0.15, 0.2) is 24.3 Å². The van der Waals surface area contributed by atoms with Gasteiger partial charge in [0.2, 0.25) is 0 Å². The fourth-order valence-electron chi connectivity index (χ4n) is 3.15. The van der Waals surface area contributed by atoms with Crippen molar-refractivity contribution in [1.29, 1.82) is 0 Å². The van der Waals surface area contributed by atoms with Crippen LogP contribution in [0.4, 0.5) is 0 Å². The number of hydrogen-bond acceptors (Lipinski definition) is 3. The average Bonchev–Trinajstić information content (AvgIpc) is 3.34. The van der Waals surface area contributed by atoms with E-state index in [2.05, 4.69) is 55.3 Å². The van der Waals surface area contributed by atoms with Crippen molar-refractivity contribution in [2.45, 2.75) is 58.2 Å². The minimum atomic E-state index is 0.386. The van der Waals surface area contributed by atoms with Gasteiger partial charge < -0.3 is 10.1 Å². The third-order valence-electron chi connectivity index (χ3n) is 4.48. The molecule has 0 aromatic heterocycles. The summed E-state index contributed by atoms with van der Waals surface area (Å²) in [6, 6.07) is 10.2. The summed E-state index contributed by atoms with van der Waals surface area (Å²) >= 11 is 0. The molecule has 118 valence electrons. The molecule has 1 fully saturated rings. The molecule has 3 heteroatoms. The average molecular weight is 290 g/mol. The Morgan fingerprint density at radius 2 is 1.90 bits per heavy atom. The summed E-state index contributed by atoms with van der Waals surface area (Å²) in [5.41, 5.74) is 1.36. The largest absolute Gasteiger partial charge is 0.497 e. The first kappa shape index (κ1) is 16.3. The Kier molecular flexibility index (Phi) is 6.07. The first-order valence-corrected chi connectivity index (χ1v) is 8.34. The second-order valence-electron chi connectivity index (χ2n) is 6.01.